The maximum Gasteiger partial charge on any atom is 0.340 e. The smallest absolute Gasteiger partial charge is 0.340 e. The molecule has 2 aromatic rings. The summed E-state index contributed by atoms with van der Waals surface area (Å²) in [5, 5.41) is 12.9. The summed E-state index contributed by atoms with van der Waals surface area (Å²) in [7, 11) is 0. The lowest BCUT2D eigenvalue weighted by atomic mass is 10.0. The number of carbonyl (C=O) groups excluding carboxylic acids is 2. The Morgan fingerprint density at radius 1 is 1.21 bits per heavy atom. The van der Waals surface area contributed by atoms with Gasteiger partial charge in [-0.05, 0) is 43.9 Å². The van der Waals surface area contributed by atoms with E-state index >= 15 is 0 Å². The Balaban J connectivity index is 2.16. The third kappa shape index (κ3) is 5.58. The van der Waals surface area contributed by atoms with Gasteiger partial charge in [-0.15, -0.1) is 0 Å². The number of thioether (sulfide) groups is 1. The lowest BCUT2D eigenvalue weighted by Crippen LogP contribution is -2.17. The van der Waals surface area contributed by atoms with Gasteiger partial charge in [-0.2, -0.15) is 5.26 Å². The van der Waals surface area contributed by atoms with Crippen LogP contribution in [0.15, 0.2) is 29.3 Å². The Labute approximate surface area is 175 Å². The standard InChI is InChI=1S/C22H25N3O3S/c1-5-15-9-8-10-16(6-2)20(15)25-19(26)13-29-21-17(12-23)11-18(14(4)24-21)22(27)28-7-3/h8-11H,5-7,13H2,1-4H3,(H,25,26). The Kier molecular flexibility index (Phi) is 8.22. The molecule has 1 aromatic carbocycles. The molecule has 0 aliphatic rings. The number of nitriles is 1. The number of hydrogen-bond acceptors (Lipinski definition) is 6. The number of esters is 1. The second-order valence-corrected chi connectivity index (χ2v) is 7.27. The van der Waals surface area contributed by atoms with Crippen LogP contribution in [0.3, 0.4) is 0 Å². The topological polar surface area (TPSA) is 92.1 Å². The van der Waals surface area contributed by atoms with Crippen molar-refractivity contribution in [2.45, 2.75) is 45.6 Å². The minimum absolute atomic E-state index is 0.112. The number of nitrogens with one attached hydrogen (secondary N) is 1. The van der Waals surface area contributed by atoms with Crippen LogP contribution in [0, 0.1) is 18.3 Å². The predicted molar refractivity (Wildman–Crippen MR) is 114 cm³/mol. The van der Waals surface area contributed by atoms with E-state index < -0.39 is 5.97 Å². The number of nitrogens with zero attached hydrogens (tertiary/aromatic N) is 2. The number of ether oxygens (including phenoxy) is 1. The summed E-state index contributed by atoms with van der Waals surface area (Å²) in [6.45, 7) is 7.75. The van der Waals surface area contributed by atoms with E-state index in [2.05, 4.69) is 24.1 Å². The molecule has 0 spiro atoms. The monoisotopic (exact) mass is 411 g/mol. The number of rotatable bonds is 8. The molecule has 0 atom stereocenters. The number of amides is 1. The number of hydrogen-bond donors (Lipinski definition) is 1. The van der Waals surface area contributed by atoms with Crippen molar-refractivity contribution in [1.82, 2.24) is 4.98 Å². The molecule has 0 aliphatic heterocycles. The fourth-order valence-corrected chi connectivity index (χ4v) is 3.70. The molecule has 1 aromatic heterocycles. The van der Waals surface area contributed by atoms with Gasteiger partial charge in [0.2, 0.25) is 5.91 Å². The Morgan fingerprint density at radius 2 is 1.86 bits per heavy atom. The zero-order chi connectivity index (χ0) is 21.4. The molecule has 29 heavy (non-hydrogen) atoms. The molecule has 7 heteroatoms. The van der Waals surface area contributed by atoms with Crippen LogP contribution in [0.5, 0.6) is 0 Å². The molecule has 0 radical (unpaired) electrons. The van der Waals surface area contributed by atoms with Gasteiger partial charge < -0.3 is 10.1 Å². The maximum absolute atomic E-state index is 12.6. The SMILES string of the molecule is CCOC(=O)c1cc(C#N)c(SCC(=O)Nc2c(CC)cccc2CC)nc1C. The Hall–Kier alpha value is -2.85. The van der Waals surface area contributed by atoms with E-state index in [-0.39, 0.29) is 29.4 Å². The highest BCUT2D eigenvalue weighted by Crippen LogP contribution is 2.26. The molecule has 1 N–H and O–H groups in total. The van der Waals surface area contributed by atoms with Crippen LogP contribution >= 0.6 is 11.8 Å². The maximum atomic E-state index is 12.6. The molecule has 0 saturated carbocycles. The highest BCUT2D eigenvalue weighted by atomic mass is 32.2. The van der Waals surface area contributed by atoms with Crippen LogP contribution in [0.25, 0.3) is 0 Å². The minimum Gasteiger partial charge on any atom is -0.462 e. The predicted octanol–water partition coefficient (Wildman–Crippen LogP) is 4.29. The summed E-state index contributed by atoms with van der Waals surface area (Å²) in [6, 6.07) is 9.54. The van der Waals surface area contributed by atoms with Gasteiger partial charge in [0.15, 0.2) is 0 Å². The van der Waals surface area contributed by atoms with Crippen LogP contribution in [0.2, 0.25) is 0 Å². The van der Waals surface area contributed by atoms with Gasteiger partial charge in [0.1, 0.15) is 11.1 Å². The Morgan fingerprint density at radius 3 is 2.41 bits per heavy atom. The molecule has 0 bridgehead atoms. The zero-order valence-corrected chi connectivity index (χ0v) is 18.0. The van der Waals surface area contributed by atoms with Crippen molar-refractivity contribution >= 4 is 29.3 Å². The zero-order valence-electron chi connectivity index (χ0n) is 17.2. The van der Waals surface area contributed by atoms with E-state index in [1.165, 1.54) is 17.8 Å². The molecular weight excluding hydrogens is 386 g/mol. The largest absolute Gasteiger partial charge is 0.462 e. The minimum atomic E-state index is -0.508. The molecule has 1 heterocycles. The number of carbonyl (C=O) groups is 2. The van der Waals surface area contributed by atoms with Crippen molar-refractivity contribution in [3.05, 3.63) is 52.2 Å². The normalized spacial score (nSPS) is 10.3. The first-order valence-electron chi connectivity index (χ1n) is 9.57. The summed E-state index contributed by atoms with van der Waals surface area (Å²) in [4.78, 5) is 28.9. The number of aryl methyl sites for hydroxylation is 3. The second kappa shape index (κ2) is 10.6. The summed E-state index contributed by atoms with van der Waals surface area (Å²) < 4.78 is 5.00. The third-order valence-electron chi connectivity index (χ3n) is 4.40. The van der Waals surface area contributed by atoms with E-state index in [0.717, 1.165) is 29.7 Å². The molecule has 0 fully saturated rings. The molecule has 152 valence electrons. The molecule has 0 saturated heterocycles. The van der Waals surface area contributed by atoms with Crippen molar-refractivity contribution in [1.29, 1.82) is 5.26 Å². The van der Waals surface area contributed by atoms with Crippen molar-refractivity contribution in [3.63, 3.8) is 0 Å². The highest BCUT2D eigenvalue weighted by Gasteiger charge is 2.17. The summed E-state index contributed by atoms with van der Waals surface area (Å²) in [5.74, 6) is -0.559. The molecule has 6 nitrogen and oxygen atoms in total. The van der Waals surface area contributed by atoms with Gasteiger partial charge in [0.05, 0.1) is 29.2 Å². The number of para-hydroxylation sites is 1. The summed E-state index contributed by atoms with van der Waals surface area (Å²) >= 11 is 1.18. The lowest BCUT2D eigenvalue weighted by Gasteiger charge is -2.14. The number of aromatic nitrogens is 1. The fraction of sp³-hybridized carbons (Fsp3) is 0.364. The van der Waals surface area contributed by atoms with E-state index in [9.17, 15) is 14.9 Å². The number of benzene rings is 1. The van der Waals surface area contributed by atoms with E-state index in [0.29, 0.717) is 10.7 Å². The average Bonchev–Trinajstić information content (AvgIpc) is 2.72. The average molecular weight is 412 g/mol. The van der Waals surface area contributed by atoms with E-state index in [1.807, 2.05) is 24.3 Å². The van der Waals surface area contributed by atoms with Gasteiger partial charge in [0, 0.05) is 5.69 Å². The van der Waals surface area contributed by atoms with E-state index in [1.54, 1.807) is 13.8 Å². The van der Waals surface area contributed by atoms with Gasteiger partial charge in [-0.25, -0.2) is 9.78 Å². The Bertz CT molecular complexity index is 929. The van der Waals surface area contributed by atoms with Crippen molar-refractivity contribution in [2.75, 3.05) is 17.7 Å². The van der Waals surface area contributed by atoms with Crippen LogP contribution < -0.4 is 5.32 Å². The first-order chi connectivity index (χ1) is 13.9. The molecule has 1 amide bonds. The van der Waals surface area contributed by atoms with Crippen molar-refractivity contribution in [3.8, 4) is 6.07 Å². The quantitative estimate of drug-likeness (QED) is 0.514. The summed E-state index contributed by atoms with van der Waals surface area (Å²) in [6.07, 6.45) is 1.65. The molecular formula is C22H25N3O3S. The van der Waals surface area contributed by atoms with Gasteiger partial charge >= 0.3 is 5.97 Å². The van der Waals surface area contributed by atoms with Crippen LogP contribution in [0.1, 0.15) is 53.5 Å². The van der Waals surface area contributed by atoms with Gasteiger partial charge in [0.25, 0.3) is 0 Å². The van der Waals surface area contributed by atoms with E-state index in [4.69, 9.17) is 4.74 Å². The fourth-order valence-electron chi connectivity index (χ4n) is 2.90. The van der Waals surface area contributed by atoms with Crippen LogP contribution in [-0.4, -0.2) is 29.2 Å². The lowest BCUT2D eigenvalue weighted by molar-refractivity contribution is -0.113. The van der Waals surface area contributed by atoms with Crippen molar-refractivity contribution < 1.29 is 14.3 Å². The van der Waals surface area contributed by atoms with Crippen LogP contribution in [-0.2, 0) is 22.4 Å². The second-order valence-electron chi connectivity index (χ2n) is 6.30. The molecule has 2 rings (SSSR count). The first-order valence-corrected chi connectivity index (χ1v) is 10.6. The highest BCUT2D eigenvalue weighted by molar-refractivity contribution is 8.00. The number of pyridine rings is 1. The number of anilines is 1. The van der Waals surface area contributed by atoms with Gasteiger partial charge in [-0.1, -0.05) is 43.8 Å². The molecule has 0 aliphatic carbocycles. The van der Waals surface area contributed by atoms with Crippen molar-refractivity contribution in [2.24, 2.45) is 0 Å². The first kappa shape index (κ1) is 22.4. The molecule has 0 unspecified atom stereocenters. The summed E-state index contributed by atoms with van der Waals surface area (Å²) in [5.41, 5.74) is 4.03. The van der Waals surface area contributed by atoms with Crippen LogP contribution in [0.4, 0.5) is 5.69 Å². The third-order valence-corrected chi connectivity index (χ3v) is 5.39. The van der Waals surface area contributed by atoms with Gasteiger partial charge in [-0.3, -0.25) is 4.79 Å².